The van der Waals surface area contributed by atoms with Crippen molar-refractivity contribution in [2.45, 2.75) is 44.0 Å². The molecule has 0 aliphatic carbocycles. The van der Waals surface area contributed by atoms with Crippen molar-refractivity contribution in [1.29, 1.82) is 0 Å². The van der Waals surface area contributed by atoms with Gasteiger partial charge in [0.05, 0.1) is 12.2 Å². The summed E-state index contributed by atoms with van der Waals surface area (Å²) in [6.07, 6.45) is 4.16. The molecule has 0 bridgehead atoms. The second-order valence-electron chi connectivity index (χ2n) is 8.40. The van der Waals surface area contributed by atoms with Gasteiger partial charge in [0.25, 0.3) is 0 Å². The van der Waals surface area contributed by atoms with Crippen LogP contribution in [0.1, 0.15) is 25.3 Å². The number of nitrogens with zero attached hydrogens (tertiary/aromatic N) is 4. The summed E-state index contributed by atoms with van der Waals surface area (Å²) in [4.78, 5) is 5.95. The highest BCUT2D eigenvalue weighted by atomic mass is 35.5. The summed E-state index contributed by atoms with van der Waals surface area (Å²) < 4.78 is 43.9. The number of nitrogens with one attached hydrogen (secondary N) is 1. The van der Waals surface area contributed by atoms with E-state index in [1.54, 1.807) is 12.1 Å². The van der Waals surface area contributed by atoms with Crippen LogP contribution in [0.5, 0.6) is 0 Å². The minimum Gasteiger partial charge on any atom is -0.381 e. The van der Waals surface area contributed by atoms with E-state index in [0.29, 0.717) is 36.6 Å². The number of halogens is 4. The summed E-state index contributed by atoms with van der Waals surface area (Å²) in [6.45, 7) is 2.95. The minimum atomic E-state index is -1.69. The van der Waals surface area contributed by atoms with E-state index in [-0.39, 0.29) is 18.2 Å². The topological polar surface area (TPSA) is 66.2 Å². The number of likely N-dealkylation sites (tertiary alicyclic amines) is 1. The Morgan fingerprint density at radius 3 is 2.55 bits per heavy atom. The number of piperidine rings is 1. The molecule has 2 heterocycles. The molecule has 4 rings (SSSR count). The highest BCUT2D eigenvalue weighted by Crippen LogP contribution is 2.34. The molecule has 1 aliphatic heterocycles. The van der Waals surface area contributed by atoms with E-state index in [1.807, 2.05) is 6.92 Å². The van der Waals surface area contributed by atoms with Crippen molar-refractivity contribution in [2.24, 2.45) is 0 Å². The standard InChI is InChI=1S/C23H25ClF3N5O/c1-15(31-8-6-18(7-9-31)30-22-5-2-16(24)10-21(22)27)23(33,12-32-14-28-13-29-32)19-4-3-17(25)11-20(19)26/h2-5,10-11,13-15,18,30,33H,6-9,12H2,1H3/t15-,23-/m1/s1. The lowest BCUT2D eigenvalue weighted by atomic mass is 9.84. The van der Waals surface area contributed by atoms with E-state index in [9.17, 15) is 18.3 Å². The molecule has 0 spiro atoms. The van der Waals surface area contributed by atoms with Crippen LogP contribution >= 0.6 is 11.6 Å². The summed E-state index contributed by atoms with van der Waals surface area (Å²) in [5, 5.41) is 19.3. The Hall–Kier alpha value is -2.62. The molecule has 2 aromatic carbocycles. The largest absolute Gasteiger partial charge is 0.381 e. The summed E-state index contributed by atoms with van der Waals surface area (Å²) >= 11 is 5.82. The Morgan fingerprint density at radius 1 is 1.15 bits per heavy atom. The third-order valence-corrected chi connectivity index (χ3v) is 6.56. The molecule has 1 fully saturated rings. The lowest BCUT2D eigenvalue weighted by Crippen LogP contribution is -2.55. The fourth-order valence-corrected chi connectivity index (χ4v) is 4.56. The van der Waals surface area contributed by atoms with Gasteiger partial charge < -0.3 is 10.4 Å². The number of aliphatic hydroxyl groups is 1. The molecule has 3 aromatic rings. The van der Waals surface area contributed by atoms with E-state index < -0.39 is 29.1 Å². The van der Waals surface area contributed by atoms with E-state index >= 15 is 0 Å². The second-order valence-corrected chi connectivity index (χ2v) is 8.83. The number of aromatic nitrogens is 3. The second kappa shape index (κ2) is 9.70. The average molecular weight is 480 g/mol. The molecule has 1 aliphatic rings. The first-order valence-corrected chi connectivity index (χ1v) is 11.1. The first kappa shape index (κ1) is 23.5. The van der Waals surface area contributed by atoms with Gasteiger partial charge in [-0.15, -0.1) is 0 Å². The molecule has 0 unspecified atom stereocenters. The maximum atomic E-state index is 14.8. The molecule has 0 saturated carbocycles. The highest BCUT2D eigenvalue weighted by molar-refractivity contribution is 6.30. The van der Waals surface area contributed by atoms with Gasteiger partial charge in [-0.1, -0.05) is 17.7 Å². The Labute approximate surface area is 195 Å². The molecule has 2 N–H and O–H groups in total. The van der Waals surface area contributed by atoms with Gasteiger partial charge in [0.15, 0.2) is 0 Å². The first-order valence-electron chi connectivity index (χ1n) is 10.7. The maximum Gasteiger partial charge on any atom is 0.147 e. The Kier molecular flexibility index (Phi) is 6.92. The van der Waals surface area contributed by atoms with Crippen LogP contribution in [-0.4, -0.2) is 49.9 Å². The molecule has 1 saturated heterocycles. The van der Waals surface area contributed by atoms with Gasteiger partial charge in [-0.05, 0) is 44.0 Å². The van der Waals surface area contributed by atoms with Crippen LogP contribution in [0, 0.1) is 17.5 Å². The number of benzene rings is 2. The van der Waals surface area contributed by atoms with E-state index in [4.69, 9.17) is 11.6 Å². The van der Waals surface area contributed by atoms with Crippen molar-refractivity contribution >= 4 is 17.3 Å². The zero-order valence-electron chi connectivity index (χ0n) is 18.1. The van der Waals surface area contributed by atoms with Crippen molar-refractivity contribution in [1.82, 2.24) is 19.7 Å². The quantitative estimate of drug-likeness (QED) is 0.531. The average Bonchev–Trinajstić information content (AvgIpc) is 3.28. The predicted molar refractivity (Wildman–Crippen MR) is 119 cm³/mol. The van der Waals surface area contributed by atoms with Crippen molar-refractivity contribution in [3.05, 3.63) is 77.1 Å². The summed E-state index contributed by atoms with van der Waals surface area (Å²) in [5.74, 6) is -1.94. The smallest absolute Gasteiger partial charge is 0.147 e. The molecule has 6 nitrogen and oxygen atoms in total. The number of hydrogen-bond acceptors (Lipinski definition) is 5. The van der Waals surface area contributed by atoms with Crippen molar-refractivity contribution < 1.29 is 18.3 Å². The Bertz CT molecular complexity index is 1090. The van der Waals surface area contributed by atoms with Gasteiger partial charge in [-0.25, -0.2) is 22.8 Å². The maximum absolute atomic E-state index is 14.8. The lowest BCUT2D eigenvalue weighted by molar-refractivity contribution is -0.0686. The molecule has 10 heteroatoms. The zero-order valence-corrected chi connectivity index (χ0v) is 18.8. The predicted octanol–water partition coefficient (Wildman–Crippen LogP) is 4.20. The third-order valence-electron chi connectivity index (χ3n) is 6.33. The summed E-state index contributed by atoms with van der Waals surface area (Å²) in [5.41, 5.74) is -1.30. The fraction of sp³-hybridized carbons (Fsp3) is 0.391. The van der Waals surface area contributed by atoms with Crippen LogP contribution in [0.2, 0.25) is 5.02 Å². The minimum absolute atomic E-state index is 0.00427. The zero-order chi connectivity index (χ0) is 23.6. The number of rotatable bonds is 7. The van der Waals surface area contributed by atoms with Crippen LogP contribution in [0.4, 0.5) is 18.9 Å². The normalized spacial score (nSPS) is 18.1. The van der Waals surface area contributed by atoms with Gasteiger partial charge in [-0.3, -0.25) is 4.90 Å². The summed E-state index contributed by atoms with van der Waals surface area (Å²) in [6, 6.07) is 7.20. The van der Waals surface area contributed by atoms with Crippen LogP contribution in [0.15, 0.2) is 49.1 Å². The van der Waals surface area contributed by atoms with E-state index in [0.717, 1.165) is 12.1 Å². The highest BCUT2D eigenvalue weighted by Gasteiger charge is 2.42. The Balaban J connectivity index is 1.50. The number of anilines is 1. The van der Waals surface area contributed by atoms with E-state index in [1.165, 1.54) is 29.5 Å². The molecular weight excluding hydrogens is 455 g/mol. The monoisotopic (exact) mass is 479 g/mol. The van der Waals surface area contributed by atoms with E-state index in [2.05, 4.69) is 20.3 Å². The molecule has 2 atom stereocenters. The van der Waals surface area contributed by atoms with Crippen LogP contribution in [0.25, 0.3) is 0 Å². The molecule has 0 radical (unpaired) electrons. The van der Waals surface area contributed by atoms with Crippen LogP contribution in [0.3, 0.4) is 0 Å². The molecular formula is C23H25ClF3N5O. The molecule has 33 heavy (non-hydrogen) atoms. The SMILES string of the molecule is C[C@@H](N1CCC(Nc2ccc(Cl)cc2F)CC1)[C@](O)(Cn1cncn1)c1ccc(F)cc1F. The van der Waals surface area contributed by atoms with Crippen molar-refractivity contribution in [2.75, 3.05) is 18.4 Å². The number of hydrogen-bond donors (Lipinski definition) is 2. The van der Waals surface area contributed by atoms with Crippen molar-refractivity contribution in [3.8, 4) is 0 Å². The first-order chi connectivity index (χ1) is 15.8. The molecule has 0 amide bonds. The third kappa shape index (κ3) is 5.15. The van der Waals surface area contributed by atoms with Crippen LogP contribution in [-0.2, 0) is 12.1 Å². The van der Waals surface area contributed by atoms with Gasteiger partial charge in [0, 0.05) is 41.8 Å². The molecule has 176 valence electrons. The molecule has 1 aromatic heterocycles. The van der Waals surface area contributed by atoms with Gasteiger partial charge in [-0.2, -0.15) is 5.10 Å². The summed E-state index contributed by atoms with van der Waals surface area (Å²) in [7, 11) is 0. The fourth-order valence-electron chi connectivity index (χ4n) is 4.40. The van der Waals surface area contributed by atoms with Gasteiger partial charge in [0.2, 0.25) is 0 Å². The van der Waals surface area contributed by atoms with Crippen LogP contribution < -0.4 is 5.32 Å². The van der Waals surface area contributed by atoms with Gasteiger partial charge >= 0.3 is 0 Å². The van der Waals surface area contributed by atoms with Crippen molar-refractivity contribution in [3.63, 3.8) is 0 Å². The Morgan fingerprint density at radius 2 is 1.91 bits per heavy atom. The van der Waals surface area contributed by atoms with Gasteiger partial charge in [0.1, 0.15) is 35.7 Å². The lowest BCUT2D eigenvalue weighted by Gasteiger charge is -2.44.